The molecular weight excluding hydrogens is 311 g/mol. The van der Waals surface area contributed by atoms with Gasteiger partial charge in [-0.3, -0.25) is 9.69 Å². The van der Waals surface area contributed by atoms with E-state index < -0.39 is 23.5 Å². The first-order valence-corrected chi connectivity index (χ1v) is 8.44. The number of β-amino-alcohol motifs (C(OH)–C–C–N with tert-alkyl or cyclic N) is 1. The van der Waals surface area contributed by atoms with E-state index in [-0.39, 0.29) is 24.3 Å². The molecule has 1 aliphatic carbocycles. The second kappa shape index (κ2) is 6.16. The van der Waals surface area contributed by atoms with Crippen molar-refractivity contribution in [1.29, 1.82) is 0 Å². The minimum absolute atomic E-state index is 0.0500. The van der Waals surface area contributed by atoms with Crippen LogP contribution in [0.1, 0.15) is 44.8 Å². The largest absolute Gasteiger partial charge is 0.387 e. The Labute approximate surface area is 140 Å². The highest BCUT2D eigenvalue weighted by Crippen LogP contribution is 2.42. The Bertz CT molecular complexity index is 653. The first-order chi connectivity index (χ1) is 11.4. The summed E-state index contributed by atoms with van der Waals surface area (Å²) in [7, 11) is 0. The molecule has 0 bridgehead atoms. The van der Waals surface area contributed by atoms with Crippen LogP contribution in [0.4, 0.5) is 9.18 Å². The molecule has 1 heterocycles. The normalized spacial score (nSPS) is 31.4. The van der Waals surface area contributed by atoms with E-state index >= 15 is 0 Å². The van der Waals surface area contributed by atoms with Crippen LogP contribution in [-0.2, 0) is 4.79 Å². The van der Waals surface area contributed by atoms with Crippen LogP contribution in [0, 0.1) is 17.7 Å². The lowest BCUT2D eigenvalue weighted by Crippen LogP contribution is -2.58. The Morgan fingerprint density at radius 3 is 2.62 bits per heavy atom. The average Bonchev–Trinajstić information content (AvgIpc) is 2.78. The maximum absolute atomic E-state index is 13.3. The molecule has 3 amide bonds. The Hall–Kier alpha value is -1.95. The van der Waals surface area contributed by atoms with Crippen molar-refractivity contribution in [3.05, 3.63) is 35.6 Å². The predicted molar refractivity (Wildman–Crippen MR) is 86.5 cm³/mol. The molecule has 1 saturated carbocycles. The Morgan fingerprint density at radius 1 is 1.33 bits per heavy atom. The van der Waals surface area contributed by atoms with Crippen molar-refractivity contribution in [2.24, 2.45) is 11.8 Å². The van der Waals surface area contributed by atoms with Crippen LogP contribution in [0.3, 0.4) is 0 Å². The molecule has 24 heavy (non-hydrogen) atoms. The standard InChI is InChI=1S/C18H23FN2O3/c1-11-5-3-6-12(2)18(11)16(23)21(17(24)20-18)10-15(22)13-7-4-8-14(19)9-13/h4,7-9,11-12,15,22H,3,5-6,10H2,1-2H3,(H,20,24). The summed E-state index contributed by atoms with van der Waals surface area (Å²) in [6.45, 7) is 3.80. The van der Waals surface area contributed by atoms with Crippen LogP contribution in [0.2, 0.25) is 0 Å². The van der Waals surface area contributed by atoms with Gasteiger partial charge in [0.05, 0.1) is 12.6 Å². The molecular formula is C18H23FN2O3. The van der Waals surface area contributed by atoms with Crippen LogP contribution in [0.15, 0.2) is 24.3 Å². The summed E-state index contributed by atoms with van der Waals surface area (Å²) in [6, 6.07) is 5.09. The summed E-state index contributed by atoms with van der Waals surface area (Å²) in [5, 5.41) is 13.2. The number of imide groups is 1. The molecule has 3 rings (SSSR count). The fourth-order valence-electron chi connectivity index (χ4n) is 4.11. The van der Waals surface area contributed by atoms with E-state index in [1.165, 1.54) is 18.2 Å². The van der Waals surface area contributed by atoms with Crippen molar-refractivity contribution in [3.63, 3.8) is 0 Å². The van der Waals surface area contributed by atoms with Crippen molar-refractivity contribution < 1.29 is 19.1 Å². The highest BCUT2D eigenvalue weighted by molar-refractivity contribution is 6.07. The van der Waals surface area contributed by atoms with Gasteiger partial charge in [-0.15, -0.1) is 0 Å². The fourth-order valence-corrected chi connectivity index (χ4v) is 4.11. The quantitative estimate of drug-likeness (QED) is 0.835. The van der Waals surface area contributed by atoms with Crippen LogP contribution in [0.25, 0.3) is 0 Å². The van der Waals surface area contributed by atoms with E-state index in [2.05, 4.69) is 5.32 Å². The number of aliphatic hydroxyl groups excluding tert-OH is 1. The molecule has 1 aliphatic heterocycles. The fraction of sp³-hybridized carbons (Fsp3) is 0.556. The number of urea groups is 1. The van der Waals surface area contributed by atoms with E-state index in [0.29, 0.717) is 5.56 Å². The molecule has 3 atom stereocenters. The highest BCUT2D eigenvalue weighted by Gasteiger charge is 2.58. The number of rotatable bonds is 3. The molecule has 2 aliphatic rings. The Balaban J connectivity index is 1.82. The van der Waals surface area contributed by atoms with Gasteiger partial charge in [0.2, 0.25) is 0 Å². The number of amides is 3. The number of hydrogen-bond acceptors (Lipinski definition) is 3. The summed E-state index contributed by atoms with van der Waals surface area (Å²) in [5.41, 5.74) is -0.530. The van der Waals surface area contributed by atoms with Crippen molar-refractivity contribution in [2.45, 2.75) is 44.8 Å². The van der Waals surface area contributed by atoms with E-state index in [9.17, 15) is 19.1 Å². The Kier molecular flexibility index (Phi) is 4.34. The van der Waals surface area contributed by atoms with Gasteiger partial charge in [-0.1, -0.05) is 32.4 Å². The summed E-state index contributed by atoms with van der Waals surface area (Å²) in [5.74, 6) is -0.638. The second-order valence-electron chi connectivity index (χ2n) is 7.02. The molecule has 1 saturated heterocycles. The van der Waals surface area contributed by atoms with Gasteiger partial charge in [0.15, 0.2) is 0 Å². The third-order valence-corrected chi connectivity index (χ3v) is 5.58. The molecule has 130 valence electrons. The molecule has 6 heteroatoms. The van der Waals surface area contributed by atoms with Crippen LogP contribution in [0.5, 0.6) is 0 Å². The summed E-state index contributed by atoms with van der Waals surface area (Å²) in [6.07, 6.45) is 1.70. The van der Waals surface area contributed by atoms with E-state index in [0.717, 1.165) is 24.2 Å². The zero-order valence-corrected chi connectivity index (χ0v) is 14.0. The third-order valence-electron chi connectivity index (χ3n) is 5.58. The van der Waals surface area contributed by atoms with Gasteiger partial charge in [0, 0.05) is 0 Å². The van der Waals surface area contributed by atoms with Gasteiger partial charge in [-0.25, -0.2) is 9.18 Å². The molecule has 1 spiro atoms. The van der Waals surface area contributed by atoms with Crippen molar-refractivity contribution >= 4 is 11.9 Å². The lowest BCUT2D eigenvalue weighted by atomic mass is 9.67. The maximum atomic E-state index is 13.3. The Morgan fingerprint density at radius 2 is 2.00 bits per heavy atom. The summed E-state index contributed by atoms with van der Waals surface area (Å²) in [4.78, 5) is 26.5. The molecule has 0 radical (unpaired) electrons. The van der Waals surface area contributed by atoms with Crippen LogP contribution in [-0.4, -0.2) is 34.0 Å². The highest BCUT2D eigenvalue weighted by atomic mass is 19.1. The molecule has 1 aromatic rings. The predicted octanol–water partition coefficient (Wildman–Crippen LogP) is 2.61. The minimum Gasteiger partial charge on any atom is -0.387 e. The topological polar surface area (TPSA) is 69.6 Å². The van der Waals surface area contributed by atoms with Gasteiger partial charge < -0.3 is 10.4 Å². The second-order valence-corrected chi connectivity index (χ2v) is 7.02. The van der Waals surface area contributed by atoms with E-state index in [1.54, 1.807) is 6.07 Å². The van der Waals surface area contributed by atoms with E-state index in [4.69, 9.17) is 0 Å². The number of aliphatic hydroxyl groups is 1. The summed E-state index contributed by atoms with van der Waals surface area (Å²) < 4.78 is 13.3. The third kappa shape index (κ3) is 2.59. The van der Waals surface area contributed by atoms with Crippen LogP contribution >= 0.6 is 0 Å². The zero-order valence-electron chi connectivity index (χ0n) is 14.0. The monoisotopic (exact) mass is 334 g/mol. The van der Waals surface area contributed by atoms with Crippen molar-refractivity contribution in [2.75, 3.05) is 6.54 Å². The van der Waals surface area contributed by atoms with Crippen molar-refractivity contribution in [1.82, 2.24) is 10.2 Å². The SMILES string of the molecule is CC1CCCC(C)C12NC(=O)N(CC(O)c1cccc(F)c1)C2=O. The van der Waals surface area contributed by atoms with Gasteiger partial charge >= 0.3 is 6.03 Å². The number of nitrogens with zero attached hydrogens (tertiary/aromatic N) is 1. The van der Waals surface area contributed by atoms with Gasteiger partial charge in [0.1, 0.15) is 11.4 Å². The lowest BCUT2D eigenvalue weighted by molar-refractivity contribution is -0.137. The smallest absolute Gasteiger partial charge is 0.325 e. The van der Waals surface area contributed by atoms with Gasteiger partial charge in [-0.05, 0) is 42.4 Å². The maximum Gasteiger partial charge on any atom is 0.325 e. The summed E-state index contributed by atoms with van der Waals surface area (Å²) >= 11 is 0. The molecule has 3 unspecified atom stereocenters. The lowest BCUT2D eigenvalue weighted by Gasteiger charge is -2.42. The zero-order chi connectivity index (χ0) is 17.5. The minimum atomic E-state index is -1.11. The first kappa shape index (κ1) is 16.9. The average molecular weight is 334 g/mol. The molecule has 2 N–H and O–H groups in total. The number of carbonyl (C=O) groups is 2. The van der Waals surface area contributed by atoms with E-state index in [1.807, 2.05) is 13.8 Å². The van der Waals surface area contributed by atoms with Gasteiger partial charge in [0.25, 0.3) is 5.91 Å². The number of halogens is 1. The number of hydrogen-bond donors (Lipinski definition) is 2. The first-order valence-electron chi connectivity index (χ1n) is 8.44. The number of benzene rings is 1. The number of nitrogens with one attached hydrogen (secondary N) is 1. The molecule has 5 nitrogen and oxygen atoms in total. The molecule has 1 aromatic carbocycles. The van der Waals surface area contributed by atoms with Crippen molar-refractivity contribution in [3.8, 4) is 0 Å². The number of carbonyl (C=O) groups excluding carboxylic acids is 2. The molecule has 0 aromatic heterocycles. The van der Waals surface area contributed by atoms with Gasteiger partial charge in [-0.2, -0.15) is 0 Å². The molecule has 2 fully saturated rings. The van der Waals surface area contributed by atoms with Crippen LogP contribution < -0.4 is 5.32 Å².